The molecule has 0 amide bonds. The maximum Gasteiger partial charge on any atom is 0.0141 e. The molecular weight excluding hydrogens is 262 g/mol. The standard InChI is InChI=1S/C18H27NS/c1-17(2)7-9-18(13-19,10-8-17)12-15-11-14-5-3-4-6-16(14)20-15/h3-6,15H,7-13,19H2,1-2H3. The second-order valence-electron chi connectivity index (χ2n) is 7.62. The van der Waals surface area contributed by atoms with Crippen LogP contribution in [-0.2, 0) is 6.42 Å². The topological polar surface area (TPSA) is 26.0 Å². The molecule has 1 unspecified atom stereocenters. The second-order valence-corrected chi connectivity index (χ2v) is 8.97. The molecule has 0 bridgehead atoms. The SMILES string of the molecule is CC1(C)CCC(CN)(CC2Cc3ccccc3S2)CC1. The van der Waals surface area contributed by atoms with Gasteiger partial charge < -0.3 is 5.73 Å². The minimum absolute atomic E-state index is 0.412. The number of benzene rings is 1. The molecule has 1 nitrogen and oxygen atoms in total. The van der Waals surface area contributed by atoms with Gasteiger partial charge in [-0.1, -0.05) is 32.0 Å². The molecular formula is C18H27NS. The van der Waals surface area contributed by atoms with Crippen LogP contribution >= 0.6 is 11.8 Å². The van der Waals surface area contributed by atoms with Gasteiger partial charge in [-0.25, -0.2) is 0 Å². The van der Waals surface area contributed by atoms with E-state index in [4.69, 9.17) is 5.73 Å². The van der Waals surface area contributed by atoms with E-state index in [0.717, 1.165) is 11.8 Å². The van der Waals surface area contributed by atoms with Crippen LogP contribution in [0.25, 0.3) is 0 Å². The van der Waals surface area contributed by atoms with Gasteiger partial charge in [0.25, 0.3) is 0 Å². The zero-order valence-electron chi connectivity index (χ0n) is 12.8. The highest BCUT2D eigenvalue weighted by molar-refractivity contribution is 8.00. The molecule has 1 atom stereocenters. The Morgan fingerprint density at radius 3 is 2.50 bits per heavy atom. The first-order valence-electron chi connectivity index (χ1n) is 7.97. The molecule has 1 aromatic carbocycles. The Morgan fingerprint density at radius 2 is 1.85 bits per heavy atom. The third-order valence-electron chi connectivity index (χ3n) is 5.47. The molecule has 2 N–H and O–H groups in total. The van der Waals surface area contributed by atoms with E-state index < -0.39 is 0 Å². The minimum Gasteiger partial charge on any atom is -0.330 e. The summed E-state index contributed by atoms with van der Waals surface area (Å²) in [5.41, 5.74) is 8.69. The summed E-state index contributed by atoms with van der Waals surface area (Å²) in [5.74, 6) is 0. The van der Waals surface area contributed by atoms with Crippen molar-refractivity contribution in [2.24, 2.45) is 16.6 Å². The lowest BCUT2D eigenvalue weighted by Crippen LogP contribution is -2.39. The van der Waals surface area contributed by atoms with Crippen LogP contribution in [0.5, 0.6) is 0 Å². The van der Waals surface area contributed by atoms with Crippen molar-refractivity contribution in [3.05, 3.63) is 29.8 Å². The number of hydrogen-bond acceptors (Lipinski definition) is 2. The van der Waals surface area contributed by atoms with E-state index in [2.05, 4.69) is 49.9 Å². The Morgan fingerprint density at radius 1 is 1.15 bits per heavy atom. The fraction of sp³-hybridized carbons (Fsp3) is 0.667. The molecule has 1 fully saturated rings. The molecule has 0 saturated heterocycles. The van der Waals surface area contributed by atoms with Crippen LogP contribution in [0.3, 0.4) is 0 Å². The maximum atomic E-state index is 6.20. The van der Waals surface area contributed by atoms with E-state index in [-0.39, 0.29) is 0 Å². The third-order valence-corrected chi connectivity index (χ3v) is 6.79. The predicted molar refractivity (Wildman–Crippen MR) is 88.1 cm³/mol. The number of fused-ring (bicyclic) bond motifs is 1. The molecule has 20 heavy (non-hydrogen) atoms. The van der Waals surface area contributed by atoms with Gasteiger partial charge in [0.1, 0.15) is 0 Å². The van der Waals surface area contributed by atoms with Crippen LogP contribution < -0.4 is 5.73 Å². The molecule has 0 spiro atoms. The van der Waals surface area contributed by atoms with E-state index in [1.807, 2.05) is 0 Å². The number of hydrogen-bond donors (Lipinski definition) is 1. The summed E-state index contributed by atoms with van der Waals surface area (Å²) in [6.07, 6.45) is 7.88. The van der Waals surface area contributed by atoms with E-state index in [1.165, 1.54) is 43.4 Å². The molecule has 1 heterocycles. The van der Waals surface area contributed by atoms with Gasteiger partial charge in [0.2, 0.25) is 0 Å². The Kier molecular flexibility index (Phi) is 3.89. The highest BCUT2D eigenvalue weighted by atomic mass is 32.2. The largest absolute Gasteiger partial charge is 0.330 e. The van der Waals surface area contributed by atoms with Crippen molar-refractivity contribution in [2.45, 2.75) is 62.5 Å². The van der Waals surface area contributed by atoms with E-state index >= 15 is 0 Å². The average Bonchev–Trinajstić information content (AvgIpc) is 2.83. The molecule has 0 radical (unpaired) electrons. The smallest absolute Gasteiger partial charge is 0.0141 e. The van der Waals surface area contributed by atoms with Crippen molar-refractivity contribution < 1.29 is 0 Å². The van der Waals surface area contributed by atoms with Crippen molar-refractivity contribution in [2.75, 3.05) is 6.54 Å². The van der Waals surface area contributed by atoms with Gasteiger partial charge in [-0.3, -0.25) is 0 Å². The highest BCUT2D eigenvalue weighted by Crippen LogP contribution is 2.50. The zero-order valence-corrected chi connectivity index (χ0v) is 13.6. The van der Waals surface area contributed by atoms with Crippen molar-refractivity contribution in [1.82, 2.24) is 0 Å². The van der Waals surface area contributed by atoms with E-state index in [9.17, 15) is 0 Å². The first-order valence-corrected chi connectivity index (χ1v) is 8.85. The normalized spacial score (nSPS) is 27.2. The Bertz CT molecular complexity index is 445. The summed E-state index contributed by atoms with van der Waals surface area (Å²) >= 11 is 2.09. The van der Waals surface area contributed by atoms with Crippen molar-refractivity contribution in [3.63, 3.8) is 0 Å². The first-order chi connectivity index (χ1) is 9.52. The quantitative estimate of drug-likeness (QED) is 0.877. The number of nitrogens with two attached hydrogens (primary N) is 1. The summed E-state index contributed by atoms with van der Waals surface area (Å²) in [7, 11) is 0. The summed E-state index contributed by atoms with van der Waals surface area (Å²) in [5, 5.41) is 0.747. The van der Waals surface area contributed by atoms with Crippen LogP contribution in [0.15, 0.2) is 29.2 Å². The fourth-order valence-corrected chi connectivity index (χ4v) is 5.32. The average molecular weight is 289 g/mol. The summed E-state index contributed by atoms with van der Waals surface area (Å²) in [6.45, 7) is 5.69. The van der Waals surface area contributed by atoms with Crippen molar-refractivity contribution in [1.29, 1.82) is 0 Å². The molecule has 1 saturated carbocycles. The Balaban J connectivity index is 1.66. The van der Waals surface area contributed by atoms with Gasteiger partial charge in [-0.15, -0.1) is 11.8 Å². The summed E-state index contributed by atoms with van der Waals surface area (Å²) in [4.78, 5) is 1.50. The molecule has 2 aliphatic rings. The van der Waals surface area contributed by atoms with E-state index in [0.29, 0.717) is 10.8 Å². The van der Waals surface area contributed by atoms with Crippen LogP contribution in [0, 0.1) is 10.8 Å². The molecule has 1 aliphatic carbocycles. The molecule has 0 aromatic heterocycles. The first kappa shape index (κ1) is 14.5. The number of thioether (sulfide) groups is 1. The Hall–Kier alpha value is -0.470. The number of rotatable bonds is 3. The van der Waals surface area contributed by atoms with Gasteiger partial charge in [-0.2, -0.15) is 0 Å². The van der Waals surface area contributed by atoms with Gasteiger partial charge in [0.05, 0.1) is 0 Å². The van der Waals surface area contributed by atoms with Gasteiger partial charge >= 0.3 is 0 Å². The lowest BCUT2D eigenvalue weighted by molar-refractivity contribution is 0.0991. The van der Waals surface area contributed by atoms with Crippen molar-refractivity contribution in [3.8, 4) is 0 Å². The minimum atomic E-state index is 0.412. The third kappa shape index (κ3) is 2.92. The summed E-state index contributed by atoms with van der Waals surface area (Å²) < 4.78 is 0. The van der Waals surface area contributed by atoms with Crippen LogP contribution in [-0.4, -0.2) is 11.8 Å². The van der Waals surface area contributed by atoms with Crippen LogP contribution in [0.1, 0.15) is 51.5 Å². The van der Waals surface area contributed by atoms with Gasteiger partial charge in [0.15, 0.2) is 0 Å². The zero-order chi connectivity index (χ0) is 14.2. The molecule has 3 rings (SSSR count). The maximum absolute atomic E-state index is 6.20. The van der Waals surface area contributed by atoms with Crippen molar-refractivity contribution >= 4 is 11.8 Å². The highest BCUT2D eigenvalue weighted by Gasteiger charge is 2.40. The summed E-state index contributed by atoms with van der Waals surface area (Å²) in [6, 6.07) is 8.90. The van der Waals surface area contributed by atoms with Crippen LogP contribution in [0.2, 0.25) is 0 Å². The second kappa shape index (κ2) is 5.38. The fourth-order valence-electron chi connectivity index (χ4n) is 3.80. The lowest BCUT2D eigenvalue weighted by Gasteiger charge is -2.44. The molecule has 2 heteroatoms. The Labute approximate surface area is 127 Å². The lowest BCUT2D eigenvalue weighted by atomic mass is 9.63. The van der Waals surface area contributed by atoms with E-state index in [1.54, 1.807) is 5.56 Å². The molecule has 1 aromatic rings. The molecule has 1 aliphatic heterocycles. The van der Waals surface area contributed by atoms with Gasteiger partial charge in [0, 0.05) is 10.1 Å². The predicted octanol–water partition coefficient (Wildman–Crippen LogP) is 4.64. The van der Waals surface area contributed by atoms with Crippen LogP contribution in [0.4, 0.5) is 0 Å². The van der Waals surface area contributed by atoms with Gasteiger partial charge in [-0.05, 0) is 67.5 Å². The molecule has 110 valence electrons. The monoisotopic (exact) mass is 289 g/mol.